The summed E-state index contributed by atoms with van der Waals surface area (Å²) in [4.78, 5) is 20.9. The molecule has 0 saturated carbocycles. The van der Waals surface area contributed by atoms with Crippen LogP contribution in [0.15, 0.2) is 70.3 Å². The number of benzene rings is 2. The van der Waals surface area contributed by atoms with E-state index >= 15 is 0 Å². The summed E-state index contributed by atoms with van der Waals surface area (Å²) >= 11 is 0. The van der Waals surface area contributed by atoms with E-state index in [-0.39, 0.29) is 35.8 Å². The second-order valence-electron chi connectivity index (χ2n) is 7.29. The topological polar surface area (TPSA) is 91.5 Å². The van der Waals surface area contributed by atoms with Gasteiger partial charge in [0.2, 0.25) is 11.8 Å². The monoisotopic (exact) mass is 547 g/mol. The Hall–Kier alpha value is -2.88. The minimum absolute atomic E-state index is 0. The number of anilines is 1. The van der Waals surface area contributed by atoms with Gasteiger partial charge in [0.1, 0.15) is 6.26 Å². The fourth-order valence-corrected chi connectivity index (χ4v) is 2.89. The number of guanidine groups is 1. The van der Waals surface area contributed by atoms with Gasteiger partial charge in [0.05, 0.1) is 12.2 Å². The Morgan fingerprint density at radius 3 is 2.56 bits per heavy atom. The van der Waals surface area contributed by atoms with Crippen LogP contribution in [0.3, 0.4) is 0 Å². The molecule has 170 valence electrons. The van der Waals surface area contributed by atoms with Gasteiger partial charge in [-0.15, -0.1) is 24.0 Å². The molecule has 7 nitrogen and oxygen atoms in total. The summed E-state index contributed by atoms with van der Waals surface area (Å²) in [5.41, 5.74) is 3.56. The average molecular weight is 547 g/mol. The van der Waals surface area contributed by atoms with Crippen LogP contribution in [0.25, 0.3) is 11.5 Å². The molecule has 0 fully saturated rings. The third kappa shape index (κ3) is 7.37. The van der Waals surface area contributed by atoms with Gasteiger partial charge in [-0.2, -0.15) is 0 Å². The zero-order valence-corrected chi connectivity index (χ0v) is 20.9. The maximum absolute atomic E-state index is 12.1. The molecule has 3 N–H and O–H groups in total. The Morgan fingerprint density at radius 1 is 1.09 bits per heavy atom. The molecule has 3 aromatic rings. The maximum Gasteiger partial charge on any atom is 0.227 e. The second-order valence-corrected chi connectivity index (χ2v) is 7.29. The minimum Gasteiger partial charge on any atom is -0.444 e. The van der Waals surface area contributed by atoms with Gasteiger partial charge in [0, 0.05) is 30.8 Å². The number of nitrogens with one attached hydrogen (secondary N) is 3. The number of oxazole rings is 1. The van der Waals surface area contributed by atoms with Crippen LogP contribution < -0.4 is 16.0 Å². The number of amides is 1. The van der Waals surface area contributed by atoms with Crippen molar-refractivity contribution in [2.24, 2.45) is 10.9 Å². The Balaban J connectivity index is 0.00000363. The first kappa shape index (κ1) is 25.4. The van der Waals surface area contributed by atoms with E-state index in [0.717, 1.165) is 28.9 Å². The number of hydrogen-bond donors (Lipinski definition) is 3. The zero-order valence-electron chi connectivity index (χ0n) is 18.6. The van der Waals surface area contributed by atoms with Crippen molar-refractivity contribution in [1.82, 2.24) is 15.6 Å². The lowest BCUT2D eigenvalue weighted by molar-refractivity contribution is -0.119. The van der Waals surface area contributed by atoms with Crippen molar-refractivity contribution in [3.8, 4) is 11.5 Å². The third-order valence-corrected chi connectivity index (χ3v) is 4.95. The summed E-state index contributed by atoms with van der Waals surface area (Å²) in [6, 6.07) is 17.6. The number of aliphatic imine (C=N–C) groups is 1. The highest BCUT2D eigenvalue weighted by atomic mass is 127. The predicted molar refractivity (Wildman–Crippen MR) is 139 cm³/mol. The predicted octanol–water partition coefficient (Wildman–Crippen LogP) is 4.81. The molecule has 0 aliphatic rings. The summed E-state index contributed by atoms with van der Waals surface area (Å²) in [5.74, 6) is 1.27. The van der Waals surface area contributed by atoms with Crippen molar-refractivity contribution >= 4 is 41.5 Å². The minimum atomic E-state index is -0.0104. The van der Waals surface area contributed by atoms with Crippen LogP contribution in [0.5, 0.6) is 0 Å². The van der Waals surface area contributed by atoms with Crippen molar-refractivity contribution in [1.29, 1.82) is 0 Å². The van der Waals surface area contributed by atoms with Gasteiger partial charge in [-0.05, 0) is 36.2 Å². The molecule has 1 amide bonds. The van der Waals surface area contributed by atoms with Crippen molar-refractivity contribution in [2.45, 2.75) is 33.4 Å². The van der Waals surface area contributed by atoms with Crippen LogP contribution in [0, 0.1) is 5.92 Å². The van der Waals surface area contributed by atoms with E-state index in [1.807, 2.05) is 68.4 Å². The Bertz CT molecular complexity index is 1020. The average Bonchev–Trinajstić information content (AvgIpc) is 3.28. The molecule has 0 aliphatic carbocycles. The SMILES string of the molecule is CCC(C)C(=O)Nc1cccc(CNC(=NC)NCc2coc(-c3ccccc3)n2)c1.I. The number of halogens is 1. The number of aromatic nitrogens is 1. The molecule has 1 aromatic heterocycles. The summed E-state index contributed by atoms with van der Waals surface area (Å²) in [6.07, 6.45) is 2.46. The van der Waals surface area contributed by atoms with Crippen molar-refractivity contribution in [2.75, 3.05) is 12.4 Å². The molecular weight excluding hydrogens is 517 g/mol. The molecule has 0 radical (unpaired) electrons. The molecule has 0 aliphatic heterocycles. The third-order valence-electron chi connectivity index (χ3n) is 4.95. The second kappa shape index (κ2) is 12.8. The zero-order chi connectivity index (χ0) is 22.1. The van der Waals surface area contributed by atoms with E-state index in [0.29, 0.717) is 24.9 Å². The van der Waals surface area contributed by atoms with Gasteiger partial charge in [-0.3, -0.25) is 9.79 Å². The van der Waals surface area contributed by atoms with Gasteiger partial charge < -0.3 is 20.4 Å². The molecule has 1 heterocycles. The first-order valence-corrected chi connectivity index (χ1v) is 10.4. The smallest absolute Gasteiger partial charge is 0.227 e. The van der Waals surface area contributed by atoms with Crippen LogP contribution in [-0.4, -0.2) is 23.9 Å². The number of rotatable bonds is 8. The summed E-state index contributed by atoms with van der Waals surface area (Å²) in [6.45, 7) is 4.99. The Morgan fingerprint density at radius 2 is 1.84 bits per heavy atom. The molecule has 2 aromatic carbocycles. The lowest BCUT2D eigenvalue weighted by Gasteiger charge is -2.13. The quantitative estimate of drug-likeness (QED) is 0.214. The highest BCUT2D eigenvalue weighted by Crippen LogP contribution is 2.17. The molecular formula is C24H30IN5O2. The van der Waals surface area contributed by atoms with Crippen molar-refractivity contribution in [3.05, 3.63) is 72.1 Å². The normalized spacial score (nSPS) is 11.9. The summed E-state index contributed by atoms with van der Waals surface area (Å²) < 4.78 is 5.57. The van der Waals surface area contributed by atoms with Gasteiger partial charge >= 0.3 is 0 Å². The van der Waals surface area contributed by atoms with E-state index < -0.39 is 0 Å². The largest absolute Gasteiger partial charge is 0.444 e. The van der Waals surface area contributed by atoms with Crippen molar-refractivity contribution in [3.63, 3.8) is 0 Å². The van der Waals surface area contributed by atoms with Crippen LogP contribution >= 0.6 is 24.0 Å². The van der Waals surface area contributed by atoms with E-state index in [1.54, 1.807) is 13.3 Å². The molecule has 0 bridgehead atoms. The number of nitrogens with zero attached hydrogens (tertiary/aromatic N) is 2. The molecule has 32 heavy (non-hydrogen) atoms. The number of carbonyl (C=O) groups is 1. The van der Waals surface area contributed by atoms with Crippen LogP contribution in [-0.2, 0) is 17.9 Å². The molecule has 0 spiro atoms. The van der Waals surface area contributed by atoms with E-state index in [4.69, 9.17) is 4.42 Å². The number of hydrogen-bond acceptors (Lipinski definition) is 4. The molecule has 8 heteroatoms. The summed E-state index contributed by atoms with van der Waals surface area (Å²) in [7, 11) is 1.72. The Kier molecular flexibility index (Phi) is 10.2. The van der Waals surface area contributed by atoms with E-state index in [1.165, 1.54) is 0 Å². The molecule has 0 saturated heterocycles. The lowest BCUT2D eigenvalue weighted by Crippen LogP contribution is -2.36. The van der Waals surface area contributed by atoms with E-state index in [9.17, 15) is 4.79 Å². The Labute approximate surface area is 206 Å². The summed E-state index contributed by atoms with van der Waals surface area (Å²) in [5, 5.41) is 9.48. The van der Waals surface area contributed by atoms with Crippen LogP contribution in [0.4, 0.5) is 5.69 Å². The maximum atomic E-state index is 12.1. The van der Waals surface area contributed by atoms with Gasteiger partial charge in [-0.1, -0.05) is 44.2 Å². The molecule has 1 unspecified atom stereocenters. The van der Waals surface area contributed by atoms with E-state index in [2.05, 4.69) is 25.9 Å². The fourth-order valence-electron chi connectivity index (χ4n) is 2.89. The van der Waals surface area contributed by atoms with Crippen LogP contribution in [0.1, 0.15) is 31.5 Å². The molecule has 3 rings (SSSR count). The first-order chi connectivity index (χ1) is 15.1. The fraction of sp³-hybridized carbons (Fsp3) is 0.292. The standard InChI is InChI=1S/C24H29N5O2.HI/c1-4-17(2)22(30)28-20-12-8-9-18(13-20)14-26-24(25-3)27-15-21-16-31-23(29-21)19-10-6-5-7-11-19;/h5-13,16-17H,4,14-15H2,1-3H3,(H,28,30)(H2,25,26,27);1H. The van der Waals surface area contributed by atoms with Crippen LogP contribution in [0.2, 0.25) is 0 Å². The van der Waals surface area contributed by atoms with Gasteiger partial charge in [0.25, 0.3) is 0 Å². The van der Waals surface area contributed by atoms with Crippen molar-refractivity contribution < 1.29 is 9.21 Å². The first-order valence-electron chi connectivity index (χ1n) is 10.4. The number of carbonyl (C=O) groups excluding carboxylic acids is 1. The van der Waals surface area contributed by atoms with Gasteiger partial charge in [0.15, 0.2) is 5.96 Å². The lowest BCUT2D eigenvalue weighted by atomic mass is 10.1. The highest BCUT2D eigenvalue weighted by Gasteiger charge is 2.11. The van der Waals surface area contributed by atoms with Gasteiger partial charge in [-0.25, -0.2) is 4.98 Å². The highest BCUT2D eigenvalue weighted by molar-refractivity contribution is 14.0. The molecule has 1 atom stereocenters.